The molecular formula is C21H29N5O2. The standard InChI is InChI=1S/C21H29N5O2/c1-3-25-10-12-26(13-11-25)20-9-6-18(14-22-20)15-23-21(27)24-19-7-4-17(5-8-19)16-28-2/h4-9,14H,3,10-13,15-16H2,1-2H3,(H2,23,24,27). The van der Waals surface area contributed by atoms with E-state index in [1.54, 1.807) is 7.11 Å². The van der Waals surface area contributed by atoms with Gasteiger partial charge in [0, 0.05) is 51.7 Å². The highest BCUT2D eigenvalue weighted by molar-refractivity contribution is 5.89. The summed E-state index contributed by atoms with van der Waals surface area (Å²) in [5.41, 5.74) is 2.79. The van der Waals surface area contributed by atoms with Crippen molar-refractivity contribution in [1.82, 2.24) is 15.2 Å². The predicted molar refractivity (Wildman–Crippen MR) is 112 cm³/mol. The van der Waals surface area contributed by atoms with Crippen molar-refractivity contribution in [2.75, 3.05) is 50.1 Å². The van der Waals surface area contributed by atoms with E-state index < -0.39 is 0 Å². The Bertz CT molecular complexity index is 740. The van der Waals surface area contributed by atoms with E-state index in [-0.39, 0.29) is 6.03 Å². The number of carbonyl (C=O) groups excluding carboxylic acids is 1. The lowest BCUT2D eigenvalue weighted by molar-refractivity contribution is 0.185. The molecule has 2 amide bonds. The molecule has 1 aliphatic heterocycles. The van der Waals surface area contributed by atoms with Crippen LogP contribution in [0.1, 0.15) is 18.1 Å². The van der Waals surface area contributed by atoms with E-state index in [0.29, 0.717) is 13.2 Å². The minimum Gasteiger partial charge on any atom is -0.380 e. The molecule has 7 heteroatoms. The van der Waals surface area contributed by atoms with Crippen LogP contribution in [0.25, 0.3) is 0 Å². The van der Waals surface area contributed by atoms with Crippen LogP contribution in [0.5, 0.6) is 0 Å². The smallest absolute Gasteiger partial charge is 0.319 e. The predicted octanol–water partition coefficient (Wildman–Crippen LogP) is 2.69. The lowest BCUT2D eigenvalue weighted by Gasteiger charge is -2.34. The van der Waals surface area contributed by atoms with Crippen LogP contribution in [-0.4, -0.2) is 55.7 Å². The van der Waals surface area contributed by atoms with E-state index in [9.17, 15) is 4.79 Å². The Labute approximate surface area is 166 Å². The molecule has 0 atom stereocenters. The number of ether oxygens (including phenoxy) is 1. The number of methoxy groups -OCH3 is 1. The number of rotatable bonds is 7. The SMILES string of the molecule is CCN1CCN(c2ccc(CNC(=O)Nc3ccc(COC)cc3)cn2)CC1. The molecule has 1 fully saturated rings. The van der Waals surface area contributed by atoms with Gasteiger partial charge in [-0.1, -0.05) is 25.1 Å². The molecule has 28 heavy (non-hydrogen) atoms. The summed E-state index contributed by atoms with van der Waals surface area (Å²) in [6.45, 7) is 8.46. The molecule has 1 aliphatic rings. The van der Waals surface area contributed by atoms with Crippen LogP contribution in [0.4, 0.5) is 16.3 Å². The molecule has 0 radical (unpaired) electrons. The third-order valence-corrected chi connectivity index (χ3v) is 4.93. The maximum absolute atomic E-state index is 12.1. The van der Waals surface area contributed by atoms with Crippen molar-refractivity contribution in [3.63, 3.8) is 0 Å². The number of benzene rings is 1. The second kappa shape index (κ2) is 10.1. The fraction of sp³-hybridized carbons (Fsp3) is 0.429. The summed E-state index contributed by atoms with van der Waals surface area (Å²) in [7, 11) is 1.66. The first-order valence-electron chi connectivity index (χ1n) is 9.73. The van der Waals surface area contributed by atoms with Gasteiger partial charge in [-0.3, -0.25) is 0 Å². The third kappa shape index (κ3) is 5.68. The van der Waals surface area contributed by atoms with Crippen LogP contribution in [0, 0.1) is 0 Å². The van der Waals surface area contributed by atoms with Gasteiger partial charge in [0.05, 0.1) is 6.61 Å². The Balaban J connectivity index is 1.44. The van der Waals surface area contributed by atoms with Crippen LogP contribution >= 0.6 is 0 Å². The van der Waals surface area contributed by atoms with Gasteiger partial charge in [0.2, 0.25) is 0 Å². The molecule has 3 rings (SSSR count). The average Bonchev–Trinajstić information content (AvgIpc) is 2.74. The van der Waals surface area contributed by atoms with E-state index in [4.69, 9.17) is 4.74 Å². The lowest BCUT2D eigenvalue weighted by Crippen LogP contribution is -2.46. The maximum Gasteiger partial charge on any atom is 0.319 e. The zero-order valence-electron chi connectivity index (χ0n) is 16.6. The molecule has 0 saturated carbocycles. The number of likely N-dealkylation sites (N-methyl/N-ethyl adjacent to an activating group) is 1. The molecule has 1 aromatic heterocycles. The summed E-state index contributed by atoms with van der Waals surface area (Å²) in [5.74, 6) is 1.00. The minimum absolute atomic E-state index is 0.237. The molecule has 0 unspecified atom stereocenters. The molecule has 0 spiro atoms. The second-order valence-corrected chi connectivity index (χ2v) is 6.88. The molecule has 7 nitrogen and oxygen atoms in total. The first-order valence-corrected chi connectivity index (χ1v) is 9.73. The van der Waals surface area contributed by atoms with Gasteiger partial charge in [0.15, 0.2) is 0 Å². The second-order valence-electron chi connectivity index (χ2n) is 6.88. The van der Waals surface area contributed by atoms with Gasteiger partial charge in [0.25, 0.3) is 0 Å². The van der Waals surface area contributed by atoms with Gasteiger partial charge in [-0.2, -0.15) is 0 Å². The van der Waals surface area contributed by atoms with Crippen molar-refractivity contribution in [3.8, 4) is 0 Å². The van der Waals surface area contributed by atoms with Gasteiger partial charge in [-0.15, -0.1) is 0 Å². The Kier molecular flexibility index (Phi) is 7.22. The molecule has 150 valence electrons. The fourth-order valence-electron chi connectivity index (χ4n) is 3.21. The highest BCUT2D eigenvalue weighted by Crippen LogP contribution is 2.14. The summed E-state index contributed by atoms with van der Waals surface area (Å²) in [6, 6.07) is 11.4. The third-order valence-electron chi connectivity index (χ3n) is 4.93. The quantitative estimate of drug-likeness (QED) is 0.769. The van der Waals surface area contributed by atoms with E-state index >= 15 is 0 Å². The number of pyridine rings is 1. The largest absolute Gasteiger partial charge is 0.380 e. The van der Waals surface area contributed by atoms with Gasteiger partial charge < -0.3 is 25.2 Å². The fourth-order valence-corrected chi connectivity index (χ4v) is 3.21. The summed E-state index contributed by atoms with van der Waals surface area (Å²) in [4.78, 5) is 21.4. The maximum atomic E-state index is 12.1. The summed E-state index contributed by atoms with van der Waals surface area (Å²) >= 11 is 0. The summed E-state index contributed by atoms with van der Waals surface area (Å²) in [6.07, 6.45) is 1.83. The van der Waals surface area contributed by atoms with Crippen LogP contribution in [0.2, 0.25) is 0 Å². The summed E-state index contributed by atoms with van der Waals surface area (Å²) < 4.78 is 5.08. The zero-order chi connectivity index (χ0) is 19.8. The van der Waals surface area contributed by atoms with E-state index in [2.05, 4.69) is 32.3 Å². The lowest BCUT2D eigenvalue weighted by atomic mass is 10.2. The number of nitrogens with one attached hydrogen (secondary N) is 2. The van der Waals surface area contributed by atoms with Crippen LogP contribution in [-0.2, 0) is 17.9 Å². The van der Waals surface area contributed by atoms with Gasteiger partial charge >= 0.3 is 6.03 Å². The van der Waals surface area contributed by atoms with Gasteiger partial charge in [-0.05, 0) is 35.9 Å². The van der Waals surface area contributed by atoms with Crippen LogP contribution in [0.15, 0.2) is 42.6 Å². The number of aromatic nitrogens is 1. The van der Waals surface area contributed by atoms with Crippen molar-refractivity contribution in [1.29, 1.82) is 0 Å². The number of hydrogen-bond acceptors (Lipinski definition) is 5. The van der Waals surface area contributed by atoms with Gasteiger partial charge in [0.1, 0.15) is 5.82 Å². The number of anilines is 2. The number of carbonyl (C=O) groups is 1. The minimum atomic E-state index is -0.237. The number of urea groups is 1. The molecule has 0 aliphatic carbocycles. The number of hydrogen-bond donors (Lipinski definition) is 2. The topological polar surface area (TPSA) is 69.7 Å². The molecule has 2 N–H and O–H groups in total. The van der Waals surface area contributed by atoms with Crippen molar-refractivity contribution in [2.45, 2.75) is 20.1 Å². The van der Waals surface area contributed by atoms with Gasteiger partial charge in [-0.25, -0.2) is 9.78 Å². The zero-order valence-corrected chi connectivity index (χ0v) is 16.6. The van der Waals surface area contributed by atoms with E-state index in [0.717, 1.165) is 55.4 Å². The van der Waals surface area contributed by atoms with Crippen molar-refractivity contribution < 1.29 is 9.53 Å². The molecule has 2 heterocycles. The molecule has 2 aromatic rings. The molecular weight excluding hydrogens is 354 g/mol. The highest BCUT2D eigenvalue weighted by Gasteiger charge is 2.16. The Morgan fingerprint density at radius 2 is 1.79 bits per heavy atom. The van der Waals surface area contributed by atoms with Crippen molar-refractivity contribution in [2.24, 2.45) is 0 Å². The van der Waals surface area contributed by atoms with Crippen molar-refractivity contribution in [3.05, 3.63) is 53.7 Å². The molecule has 0 bridgehead atoms. The number of nitrogens with zero attached hydrogens (tertiary/aromatic N) is 3. The molecule has 1 aromatic carbocycles. The van der Waals surface area contributed by atoms with Crippen LogP contribution < -0.4 is 15.5 Å². The Hall–Kier alpha value is -2.64. The van der Waals surface area contributed by atoms with Crippen LogP contribution in [0.3, 0.4) is 0 Å². The number of amides is 2. The number of piperazine rings is 1. The average molecular weight is 383 g/mol. The van der Waals surface area contributed by atoms with E-state index in [1.165, 1.54) is 0 Å². The normalized spacial score (nSPS) is 14.7. The Morgan fingerprint density at radius 3 is 2.39 bits per heavy atom. The first-order chi connectivity index (χ1) is 13.7. The first kappa shape index (κ1) is 20.1. The monoisotopic (exact) mass is 383 g/mol. The highest BCUT2D eigenvalue weighted by atomic mass is 16.5. The summed E-state index contributed by atoms with van der Waals surface area (Å²) in [5, 5.41) is 5.69. The van der Waals surface area contributed by atoms with Crippen molar-refractivity contribution >= 4 is 17.5 Å². The molecule has 1 saturated heterocycles. The van der Waals surface area contributed by atoms with E-state index in [1.807, 2.05) is 42.6 Å². The Morgan fingerprint density at radius 1 is 1.07 bits per heavy atom.